The van der Waals surface area contributed by atoms with Crippen molar-refractivity contribution in [2.45, 2.75) is 0 Å². The molecule has 2 N–H and O–H groups in total. The van der Waals surface area contributed by atoms with Gasteiger partial charge in [-0.25, -0.2) is 0 Å². The van der Waals surface area contributed by atoms with Crippen LogP contribution in [0.15, 0.2) is 33.7 Å². The number of fused-ring (bicyclic) bond motifs is 3. The second-order valence-corrected chi connectivity index (χ2v) is 4.20. The van der Waals surface area contributed by atoms with Crippen molar-refractivity contribution in [3.63, 3.8) is 0 Å². The smallest absolute Gasteiger partial charge is 0.273 e. The van der Waals surface area contributed by atoms with Gasteiger partial charge in [0.25, 0.3) is 5.56 Å². The number of pyridine rings is 1. The van der Waals surface area contributed by atoms with E-state index in [-0.39, 0.29) is 5.56 Å². The summed E-state index contributed by atoms with van der Waals surface area (Å²) < 4.78 is 0.964. The molecule has 74 valence electrons. The first-order valence-corrected chi connectivity index (χ1v) is 5.19. The van der Waals surface area contributed by atoms with Crippen molar-refractivity contribution in [3.8, 4) is 0 Å². The highest BCUT2D eigenvalue weighted by atomic mass is 79.9. The van der Waals surface area contributed by atoms with Crippen LogP contribution in [0.4, 0.5) is 0 Å². The zero-order chi connectivity index (χ0) is 10.4. The van der Waals surface area contributed by atoms with E-state index in [4.69, 9.17) is 0 Å². The second kappa shape index (κ2) is 2.93. The van der Waals surface area contributed by atoms with Crippen molar-refractivity contribution in [1.82, 2.24) is 15.2 Å². The minimum absolute atomic E-state index is 0.139. The lowest BCUT2D eigenvalue weighted by atomic mass is 10.2. The Bertz CT molecular complexity index is 713. The Morgan fingerprint density at radius 1 is 1.20 bits per heavy atom. The van der Waals surface area contributed by atoms with Gasteiger partial charge in [0.1, 0.15) is 0 Å². The Kier molecular flexibility index (Phi) is 1.70. The van der Waals surface area contributed by atoms with Crippen LogP contribution in [0.2, 0.25) is 0 Å². The van der Waals surface area contributed by atoms with Crippen molar-refractivity contribution in [1.29, 1.82) is 0 Å². The number of rotatable bonds is 0. The molecular formula is C10H6BrN3O. The molecule has 2 aromatic heterocycles. The minimum atomic E-state index is -0.139. The van der Waals surface area contributed by atoms with Gasteiger partial charge in [0.15, 0.2) is 0 Å². The fourth-order valence-electron chi connectivity index (χ4n) is 1.66. The van der Waals surface area contributed by atoms with Gasteiger partial charge < -0.3 is 0 Å². The molecule has 0 atom stereocenters. The van der Waals surface area contributed by atoms with Crippen LogP contribution in [0.5, 0.6) is 0 Å². The van der Waals surface area contributed by atoms with E-state index < -0.39 is 0 Å². The molecule has 1 aromatic carbocycles. The number of nitrogens with one attached hydrogen (secondary N) is 2. The van der Waals surface area contributed by atoms with E-state index in [0.717, 1.165) is 20.9 Å². The van der Waals surface area contributed by atoms with E-state index in [1.54, 1.807) is 6.20 Å². The molecule has 0 amide bonds. The monoisotopic (exact) mass is 263 g/mol. The Morgan fingerprint density at radius 2 is 2.07 bits per heavy atom. The molecule has 0 aliphatic rings. The molecule has 0 aliphatic heterocycles. The third kappa shape index (κ3) is 1.20. The average Bonchev–Trinajstić information content (AvgIpc) is 2.61. The van der Waals surface area contributed by atoms with Crippen molar-refractivity contribution in [3.05, 3.63) is 39.2 Å². The molecule has 0 saturated heterocycles. The molecule has 3 aromatic rings. The number of H-pyrrole nitrogens is 2. The van der Waals surface area contributed by atoms with Crippen molar-refractivity contribution in [2.75, 3.05) is 0 Å². The third-order valence-corrected chi connectivity index (χ3v) is 2.87. The molecule has 0 radical (unpaired) electrons. The number of aromatic nitrogens is 3. The van der Waals surface area contributed by atoms with Gasteiger partial charge in [0, 0.05) is 16.1 Å². The van der Waals surface area contributed by atoms with Gasteiger partial charge in [0.05, 0.1) is 16.4 Å². The maximum atomic E-state index is 11.4. The Labute approximate surface area is 92.4 Å². The largest absolute Gasteiger partial charge is 0.297 e. The topological polar surface area (TPSA) is 61.5 Å². The number of halogens is 1. The van der Waals surface area contributed by atoms with E-state index in [0.29, 0.717) is 5.39 Å². The van der Waals surface area contributed by atoms with Crippen LogP contribution < -0.4 is 5.56 Å². The van der Waals surface area contributed by atoms with E-state index >= 15 is 0 Å². The predicted molar refractivity (Wildman–Crippen MR) is 61.9 cm³/mol. The molecular weight excluding hydrogens is 258 g/mol. The lowest BCUT2D eigenvalue weighted by Crippen LogP contribution is -1.97. The normalized spacial score (nSPS) is 11.3. The van der Waals surface area contributed by atoms with Crippen LogP contribution in [-0.4, -0.2) is 15.2 Å². The lowest BCUT2D eigenvalue weighted by Gasteiger charge is -1.98. The summed E-state index contributed by atoms with van der Waals surface area (Å²) in [5.74, 6) is 0. The molecule has 0 fully saturated rings. The molecule has 4 nitrogen and oxygen atoms in total. The Hall–Kier alpha value is -1.62. The highest BCUT2D eigenvalue weighted by Gasteiger charge is 2.06. The molecule has 0 bridgehead atoms. The SMILES string of the molecule is O=c1[nH][nH]c2c1cnc1ccc(Br)cc12. The van der Waals surface area contributed by atoms with Gasteiger partial charge in [-0.1, -0.05) is 15.9 Å². The standard InChI is InChI=1S/C10H6BrN3O/c11-5-1-2-8-6(3-5)9-7(4-12-8)10(15)14-13-9/h1-4H,(H2,13,14,15). The zero-order valence-electron chi connectivity index (χ0n) is 7.54. The quantitative estimate of drug-likeness (QED) is 0.653. The molecule has 0 unspecified atom stereocenters. The first kappa shape index (κ1) is 8.67. The summed E-state index contributed by atoms with van der Waals surface area (Å²) in [6.07, 6.45) is 1.58. The van der Waals surface area contributed by atoms with E-state index in [1.165, 1.54) is 0 Å². The number of nitrogens with zero attached hydrogens (tertiary/aromatic N) is 1. The van der Waals surface area contributed by atoms with E-state index in [2.05, 4.69) is 31.1 Å². The maximum absolute atomic E-state index is 11.4. The van der Waals surface area contributed by atoms with E-state index in [1.807, 2.05) is 18.2 Å². The van der Waals surface area contributed by atoms with Gasteiger partial charge in [-0.15, -0.1) is 0 Å². The molecule has 15 heavy (non-hydrogen) atoms. The van der Waals surface area contributed by atoms with Crippen LogP contribution >= 0.6 is 15.9 Å². The van der Waals surface area contributed by atoms with Crippen LogP contribution in [0, 0.1) is 0 Å². The summed E-state index contributed by atoms with van der Waals surface area (Å²) in [6, 6.07) is 5.77. The molecule has 5 heteroatoms. The predicted octanol–water partition coefficient (Wildman–Crippen LogP) is 2.17. The fraction of sp³-hybridized carbons (Fsp3) is 0. The first-order chi connectivity index (χ1) is 7.25. The Balaban J connectivity index is 2.63. The molecule has 2 heterocycles. The molecule has 0 aliphatic carbocycles. The van der Waals surface area contributed by atoms with Crippen molar-refractivity contribution in [2.24, 2.45) is 0 Å². The third-order valence-electron chi connectivity index (χ3n) is 2.38. The number of benzene rings is 1. The fourth-order valence-corrected chi connectivity index (χ4v) is 2.02. The second-order valence-electron chi connectivity index (χ2n) is 3.29. The summed E-state index contributed by atoms with van der Waals surface area (Å²) in [5.41, 5.74) is 1.52. The average molecular weight is 264 g/mol. The maximum Gasteiger partial charge on any atom is 0.273 e. The highest BCUT2D eigenvalue weighted by Crippen LogP contribution is 2.22. The molecule has 3 rings (SSSR count). The van der Waals surface area contributed by atoms with Crippen LogP contribution in [0.1, 0.15) is 0 Å². The number of hydrogen-bond donors (Lipinski definition) is 2. The summed E-state index contributed by atoms with van der Waals surface area (Å²) in [6.45, 7) is 0. The minimum Gasteiger partial charge on any atom is -0.297 e. The number of aromatic amines is 2. The highest BCUT2D eigenvalue weighted by molar-refractivity contribution is 9.10. The molecule has 0 spiro atoms. The summed E-state index contributed by atoms with van der Waals surface area (Å²) in [5, 5.41) is 6.93. The van der Waals surface area contributed by atoms with Gasteiger partial charge in [-0.2, -0.15) is 0 Å². The summed E-state index contributed by atoms with van der Waals surface area (Å²) >= 11 is 3.39. The lowest BCUT2D eigenvalue weighted by molar-refractivity contribution is 1.08. The molecule has 0 saturated carbocycles. The van der Waals surface area contributed by atoms with Crippen LogP contribution in [0.3, 0.4) is 0 Å². The number of hydrogen-bond acceptors (Lipinski definition) is 2. The van der Waals surface area contributed by atoms with Gasteiger partial charge in [-0.05, 0) is 18.2 Å². The van der Waals surface area contributed by atoms with Gasteiger partial charge in [-0.3, -0.25) is 20.0 Å². The van der Waals surface area contributed by atoms with E-state index in [9.17, 15) is 4.79 Å². The van der Waals surface area contributed by atoms with Crippen LogP contribution in [-0.2, 0) is 0 Å². The zero-order valence-corrected chi connectivity index (χ0v) is 9.13. The van der Waals surface area contributed by atoms with Gasteiger partial charge in [0.2, 0.25) is 0 Å². The van der Waals surface area contributed by atoms with Crippen molar-refractivity contribution < 1.29 is 0 Å². The van der Waals surface area contributed by atoms with Crippen LogP contribution in [0.25, 0.3) is 21.8 Å². The van der Waals surface area contributed by atoms with Crippen molar-refractivity contribution >= 4 is 37.7 Å². The first-order valence-electron chi connectivity index (χ1n) is 4.40. The Morgan fingerprint density at radius 3 is 2.93 bits per heavy atom. The van der Waals surface area contributed by atoms with Gasteiger partial charge >= 0.3 is 0 Å². The summed E-state index contributed by atoms with van der Waals surface area (Å²) in [4.78, 5) is 15.6. The summed E-state index contributed by atoms with van der Waals surface area (Å²) in [7, 11) is 0.